The van der Waals surface area contributed by atoms with Gasteiger partial charge in [-0.15, -0.1) is 0 Å². The van der Waals surface area contributed by atoms with Crippen molar-refractivity contribution in [1.82, 2.24) is 0 Å². The van der Waals surface area contributed by atoms with Crippen LogP contribution < -0.4 is 0 Å². The summed E-state index contributed by atoms with van der Waals surface area (Å²) in [6, 6.07) is -0.202. The van der Waals surface area contributed by atoms with E-state index < -0.39 is 18.1 Å². The number of hydrogen-bond acceptors (Lipinski definition) is 5. The normalized spacial score (nSPS) is 11.8. The highest BCUT2D eigenvalue weighted by Gasteiger charge is 2.13. The molecule has 0 spiro atoms. The van der Waals surface area contributed by atoms with Gasteiger partial charge < -0.3 is 19.7 Å². The van der Waals surface area contributed by atoms with Crippen molar-refractivity contribution in [2.75, 3.05) is 12.7 Å². The van der Waals surface area contributed by atoms with E-state index in [1.165, 1.54) is 12.8 Å². The number of alkyl halides is 1. The molecule has 0 saturated heterocycles. The summed E-state index contributed by atoms with van der Waals surface area (Å²) in [4.78, 5) is 32.4. The number of hydrogen-bond donors (Lipinski definition) is 2. The minimum atomic E-state index is -0.717. The van der Waals surface area contributed by atoms with E-state index >= 15 is 0 Å². The Hall–Kier alpha value is -1.50. The third-order valence-corrected chi connectivity index (χ3v) is 5.97. The summed E-state index contributed by atoms with van der Waals surface area (Å²) >= 11 is 5.40. The molecule has 0 aliphatic carbocycles. The van der Waals surface area contributed by atoms with Gasteiger partial charge in [0.25, 0.3) is 0 Å². The van der Waals surface area contributed by atoms with Crippen LogP contribution in [0.5, 0.6) is 0 Å². The van der Waals surface area contributed by atoms with Gasteiger partial charge in [-0.25, -0.2) is 4.79 Å². The van der Waals surface area contributed by atoms with Gasteiger partial charge in [-0.05, 0) is 31.6 Å². The molecular formula is C25H45ClO7. The lowest BCUT2D eigenvalue weighted by Gasteiger charge is -2.17. The molecule has 0 bridgehead atoms. The van der Waals surface area contributed by atoms with Crippen molar-refractivity contribution in [3.05, 3.63) is 0 Å². The van der Waals surface area contributed by atoms with Gasteiger partial charge in [0.15, 0.2) is 6.07 Å². The molecule has 0 aromatic rings. The number of carbonyl (C=O) groups excluding carboxylic acids is 1. The highest BCUT2D eigenvalue weighted by Crippen LogP contribution is 2.20. The van der Waals surface area contributed by atoms with Gasteiger partial charge in [0.2, 0.25) is 0 Å². The molecule has 1 unspecified atom stereocenters. The Morgan fingerprint density at radius 3 is 1.30 bits per heavy atom. The van der Waals surface area contributed by atoms with Crippen molar-refractivity contribution in [2.45, 2.75) is 122 Å². The zero-order valence-corrected chi connectivity index (χ0v) is 21.0. The van der Waals surface area contributed by atoms with Crippen LogP contribution in [0.1, 0.15) is 122 Å². The first-order valence-electron chi connectivity index (χ1n) is 12.7. The number of rotatable bonds is 24. The maximum Gasteiger partial charge on any atom is 0.509 e. The summed E-state index contributed by atoms with van der Waals surface area (Å²) in [5.74, 6) is -1.09. The molecule has 1 atom stereocenters. The fraction of sp³-hybridized carbons (Fsp3) is 0.880. The molecule has 0 aliphatic heterocycles. The van der Waals surface area contributed by atoms with E-state index in [0.29, 0.717) is 12.5 Å². The van der Waals surface area contributed by atoms with Crippen molar-refractivity contribution >= 4 is 29.7 Å². The molecule has 194 valence electrons. The summed E-state index contributed by atoms with van der Waals surface area (Å²) in [6.45, 7) is 0.370. The van der Waals surface area contributed by atoms with Gasteiger partial charge in [-0.3, -0.25) is 9.59 Å². The standard InChI is InChI=1S/C25H45ClO7/c26-21-33-25(31)32-20-22(17-13-9-5-3-7-11-15-19-24(29)30)16-12-8-4-1-2-6-10-14-18-23(27)28/h22H,1-21H2,(H,27,28)(H,29,30). The number of aliphatic carboxylic acids is 2. The second-order valence-electron chi connectivity index (χ2n) is 8.85. The fourth-order valence-electron chi connectivity index (χ4n) is 3.95. The molecule has 7 nitrogen and oxygen atoms in total. The first-order valence-corrected chi connectivity index (χ1v) is 13.3. The number of carbonyl (C=O) groups is 3. The van der Waals surface area contributed by atoms with Crippen LogP contribution in [-0.2, 0) is 19.1 Å². The molecule has 2 N–H and O–H groups in total. The van der Waals surface area contributed by atoms with Crippen LogP contribution in [0.15, 0.2) is 0 Å². The van der Waals surface area contributed by atoms with E-state index in [4.69, 9.17) is 26.6 Å². The van der Waals surface area contributed by atoms with E-state index in [1.54, 1.807) is 0 Å². The van der Waals surface area contributed by atoms with Crippen molar-refractivity contribution in [3.63, 3.8) is 0 Å². The summed E-state index contributed by atoms with van der Waals surface area (Å²) in [5.41, 5.74) is 0. The zero-order chi connectivity index (χ0) is 24.6. The van der Waals surface area contributed by atoms with Crippen molar-refractivity contribution < 1.29 is 34.1 Å². The minimum absolute atomic E-state index is 0.202. The fourth-order valence-corrected chi connectivity index (χ4v) is 4.04. The molecule has 0 aliphatic rings. The second kappa shape index (κ2) is 23.7. The minimum Gasteiger partial charge on any atom is -0.481 e. The lowest BCUT2D eigenvalue weighted by Crippen LogP contribution is -2.15. The number of carboxylic acid groups (broad SMARTS) is 2. The molecule has 0 fully saturated rings. The molecule has 0 aromatic carbocycles. The maximum atomic E-state index is 11.5. The lowest BCUT2D eigenvalue weighted by molar-refractivity contribution is -0.138. The lowest BCUT2D eigenvalue weighted by atomic mass is 9.94. The maximum absolute atomic E-state index is 11.5. The summed E-state index contributed by atoms with van der Waals surface area (Å²) in [5, 5.41) is 17.3. The number of ether oxygens (including phenoxy) is 2. The average molecular weight is 493 g/mol. The Kier molecular flexibility index (Phi) is 22.6. The summed E-state index contributed by atoms with van der Waals surface area (Å²) in [7, 11) is 0. The second-order valence-corrected chi connectivity index (χ2v) is 9.07. The van der Waals surface area contributed by atoms with Crippen LogP contribution in [0.25, 0.3) is 0 Å². The predicted molar refractivity (Wildman–Crippen MR) is 130 cm³/mol. The SMILES string of the molecule is O=C(O)CCCCCCCCCCC(CCCCCCCCCC(=O)O)COC(=O)OCCl. The molecule has 0 radical (unpaired) electrons. The largest absolute Gasteiger partial charge is 0.509 e. The molecule has 0 heterocycles. The monoisotopic (exact) mass is 492 g/mol. The smallest absolute Gasteiger partial charge is 0.481 e. The quantitative estimate of drug-likeness (QED) is 0.0813. The van der Waals surface area contributed by atoms with E-state index in [9.17, 15) is 14.4 Å². The van der Waals surface area contributed by atoms with E-state index in [0.717, 1.165) is 96.3 Å². The van der Waals surface area contributed by atoms with Gasteiger partial charge in [-0.2, -0.15) is 0 Å². The molecule has 33 heavy (non-hydrogen) atoms. The number of halogens is 1. The first kappa shape index (κ1) is 31.5. The summed E-state index contributed by atoms with van der Waals surface area (Å²) < 4.78 is 9.84. The van der Waals surface area contributed by atoms with Crippen LogP contribution in [0.4, 0.5) is 4.79 Å². The zero-order valence-electron chi connectivity index (χ0n) is 20.2. The molecule has 0 amide bonds. The third-order valence-electron chi connectivity index (χ3n) is 5.87. The summed E-state index contributed by atoms with van der Waals surface area (Å²) in [6.07, 6.45) is 17.9. The average Bonchev–Trinajstić information content (AvgIpc) is 2.76. The number of unbranched alkanes of at least 4 members (excludes halogenated alkanes) is 13. The van der Waals surface area contributed by atoms with Gasteiger partial charge in [-0.1, -0.05) is 95.1 Å². The van der Waals surface area contributed by atoms with Crippen molar-refractivity contribution in [2.24, 2.45) is 5.92 Å². The van der Waals surface area contributed by atoms with Crippen molar-refractivity contribution in [1.29, 1.82) is 0 Å². The Balaban J connectivity index is 3.87. The molecule has 0 saturated carbocycles. The van der Waals surface area contributed by atoms with Crippen LogP contribution in [0.3, 0.4) is 0 Å². The van der Waals surface area contributed by atoms with Crippen LogP contribution in [0, 0.1) is 5.92 Å². The highest BCUT2D eigenvalue weighted by atomic mass is 35.5. The Labute approximate surface area is 204 Å². The van der Waals surface area contributed by atoms with Gasteiger partial charge >= 0.3 is 18.1 Å². The van der Waals surface area contributed by atoms with Gasteiger partial charge in [0.05, 0.1) is 6.61 Å². The highest BCUT2D eigenvalue weighted by molar-refractivity contribution is 6.17. The van der Waals surface area contributed by atoms with E-state index in [1.807, 2.05) is 0 Å². The van der Waals surface area contributed by atoms with Gasteiger partial charge in [0, 0.05) is 12.8 Å². The van der Waals surface area contributed by atoms with Crippen molar-refractivity contribution in [3.8, 4) is 0 Å². The van der Waals surface area contributed by atoms with E-state index in [2.05, 4.69) is 4.74 Å². The molecular weight excluding hydrogens is 448 g/mol. The Morgan fingerprint density at radius 1 is 0.576 bits per heavy atom. The molecule has 8 heteroatoms. The van der Waals surface area contributed by atoms with Crippen LogP contribution in [-0.4, -0.2) is 41.0 Å². The molecule has 0 rings (SSSR count). The third kappa shape index (κ3) is 25.0. The first-order chi connectivity index (χ1) is 16.0. The van der Waals surface area contributed by atoms with Gasteiger partial charge in [0.1, 0.15) is 0 Å². The topological polar surface area (TPSA) is 110 Å². The van der Waals surface area contributed by atoms with Crippen LogP contribution in [0.2, 0.25) is 0 Å². The number of carboxylic acids is 2. The van der Waals surface area contributed by atoms with Crippen LogP contribution >= 0.6 is 11.6 Å². The Bertz CT molecular complexity index is 499. The predicted octanol–water partition coefficient (Wildman–Crippen LogP) is 7.53. The molecule has 0 aromatic heterocycles. The van der Waals surface area contributed by atoms with E-state index in [-0.39, 0.29) is 18.9 Å². The Morgan fingerprint density at radius 2 is 0.939 bits per heavy atom.